The van der Waals surface area contributed by atoms with Crippen LogP contribution >= 0.6 is 11.8 Å². The summed E-state index contributed by atoms with van der Waals surface area (Å²) in [6.45, 7) is 2.23. The monoisotopic (exact) mass is 395 g/mol. The zero-order valence-corrected chi connectivity index (χ0v) is 17.0. The molecule has 1 aromatic heterocycles. The Bertz CT molecular complexity index is 862. The Morgan fingerprint density at radius 2 is 1.93 bits per heavy atom. The minimum Gasteiger partial charge on any atom is -0.489 e. The fraction of sp³-hybridized carbons (Fsp3) is 0.273. The average Bonchev–Trinajstić information content (AvgIpc) is 3.21. The number of amides is 1. The van der Waals surface area contributed by atoms with Gasteiger partial charge in [0.05, 0.1) is 12.9 Å². The second-order valence-corrected chi connectivity index (χ2v) is 7.47. The molecule has 1 unspecified atom stereocenters. The van der Waals surface area contributed by atoms with Crippen LogP contribution in [-0.2, 0) is 17.8 Å². The lowest BCUT2D eigenvalue weighted by atomic mass is 10.1. The van der Waals surface area contributed by atoms with Gasteiger partial charge in [-0.25, -0.2) is 4.98 Å². The number of thioether (sulfide) groups is 1. The van der Waals surface area contributed by atoms with E-state index in [4.69, 9.17) is 4.74 Å². The molecule has 1 heterocycles. The summed E-state index contributed by atoms with van der Waals surface area (Å²) in [5.41, 5.74) is 2.07. The maximum absolute atomic E-state index is 11.2. The number of ether oxygens (including phenoxy) is 1. The van der Waals surface area contributed by atoms with Gasteiger partial charge < -0.3 is 14.6 Å². The van der Waals surface area contributed by atoms with Crippen molar-refractivity contribution >= 4 is 23.4 Å². The molecule has 3 rings (SSSR count). The van der Waals surface area contributed by atoms with E-state index in [-0.39, 0.29) is 12.0 Å². The quantitative estimate of drug-likeness (QED) is 0.536. The average molecular weight is 396 g/mol. The van der Waals surface area contributed by atoms with E-state index in [1.54, 1.807) is 18.0 Å². The van der Waals surface area contributed by atoms with Crippen LogP contribution in [0, 0.1) is 0 Å². The Morgan fingerprint density at radius 1 is 1.18 bits per heavy atom. The van der Waals surface area contributed by atoms with Crippen molar-refractivity contribution in [3.05, 3.63) is 72.8 Å². The van der Waals surface area contributed by atoms with Crippen molar-refractivity contribution < 1.29 is 9.53 Å². The predicted molar refractivity (Wildman–Crippen MR) is 114 cm³/mol. The third kappa shape index (κ3) is 6.16. The molecule has 0 fully saturated rings. The molecule has 1 N–H and O–H groups in total. The Kier molecular flexibility index (Phi) is 7.14. The van der Waals surface area contributed by atoms with E-state index in [0.29, 0.717) is 0 Å². The molecule has 0 saturated carbocycles. The highest BCUT2D eigenvalue weighted by Crippen LogP contribution is 2.20. The number of carbonyl (C=O) groups excluding carboxylic acids is 1. The van der Waals surface area contributed by atoms with Crippen molar-refractivity contribution in [2.24, 2.45) is 0 Å². The molecule has 28 heavy (non-hydrogen) atoms. The molecule has 1 atom stereocenters. The second-order valence-electron chi connectivity index (χ2n) is 6.59. The van der Waals surface area contributed by atoms with Crippen LogP contribution in [0.3, 0.4) is 0 Å². The molecule has 0 aliphatic heterocycles. The van der Waals surface area contributed by atoms with Gasteiger partial charge in [0.2, 0.25) is 5.91 Å². The summed E-state index contributed by atoms with van der Waals surface area (Å²) in [4.78, 5) is 16.6. The van der Waals surface area contributed by atoms with Crippen molar-refractivity contribution in [1.82, 2.24) is 9.55 Å². The first-order chi connectivity index (χ1) is 13.6. The van der Waals surface area contributed by atoms with E-state index in [2.05, 4.69) is 40.8 Å². The van der Waals surface area contributed by atoms with Crippen LogP contribution < -0.4 is 10.1 Å². The number of anilines is 1. The van der Waals surface area contributed by atoms with Gasteiger partial charge in [0.1, 0.15) is 11.9 Å². The molecule has 3 aromatic rings. The van der Waals surface area contributed by atoms with Crippen LogP contribution in [0.2, 0.25) is 0 Å². The number of nitrogens with zero attached hydrogens (tertiary/aromatic N) is 2. The molecular weight excluding hydrogens is 370 g/mol. The minimum atomic E-state index is -0.0841. The molecule has 2 aromatic carbocycles. The first-order valence-corrected chi connectivity index (χ1v) is 10.5. The zero-order valence-electron chi connectivity index (χ0n) is 16.2. The molecular formula is C22H25N3O2S. The number of aromatic nitrogens is 2. The fourth-order valence-electron chi connectivity index (χ4n) is 2.95. The van der Waals surface area contributed by atoms with E-state index in [1.165, 1.54) is 17.4 Å². The van der Waals surface area contributed by atoms with Crippen molar-refractivity contribution in [1.29, 1.82) is 0 Å². The van der Waals surface area contributed by atoms with Crippen LogP contribution in [0.25, 0.3) is 0 Å². The summed E-state index contributed by atoms with van der Waals surface area (Å²) in [6, 6.07) is 16.2. The largest absolute Gasteiger partial charge is 0.489 e. The molecule has 0 spiro atoms. The molecule has 146 valence electrons. The van der Waals surface area contributed by atoms with Crippen LogP contribution in [-0.4, -0.2) is 27.8 Å². The molecule has 0 bridgehead atoms. The number of nitrogens with one attached hydrogen (secondary N) is 1. The van der Waals surface area contributed by atoms with E-state index in [1.807, 2.05) is 41.4 Å². The van der Waals surface area contributed by atoms with Crippen molar-refractivity contribution in [3.63, 3.8) is 0 Å². The Morgan fingerprint density at radius 3 is 2.54 bits per heavy atom. The highest BCUT2D eigenvalue weighted by Gasteiger charge is 2.12. The van der Waals surface area contributed by atoms with Crippen molar-refractivity contribution in [2.45, 2.75) is 37.3 Å². The molecule has 0 saturated heterocycles. The van der Waals surface area contributed by atoms with Crippen LogP contribution in [0.1, 0.15) is 18.9 Å². The normalized spacial score (nSPS) is 11.8. The van der Waals surface area contributed by atoms with Gasteiger partial charge in [-0.2, -0.15) is 0 Å². The van der Waals surface area contributed by atoms with Crippen LogP contribution in [0.4, 0.5) is 5.69 Å². The van der Waals surface area contributed by atoms with Gasteiger partial charge >= 0.3 is 0 Å². The molecule has 5 nitrogen and oxygen atoms in total. The SMILES string of the molecule is CSc1ccc(CCC(Cn2ccnc2)Oc2ccc(NC(C)=O)cc2)cc1. The fourth-order valence-corrected chi connectivity index (χ4v) is 3.36. The molecule has 0 aliphatic rings. The van der Waals surface area contributed by atoms with Gasteiger partial charge in [-0.15, -0.1) is 11.8 Å². The van der Waals surface area contributed by atoms with Crippen LogP contribution in [0.5, 0.6) is 5.75 Å². The number of imidazole rings is 1. The number of hydrogen-bond donors (Lipinski definition) is 1. The lowest BCUT2D eigenvalue weighted by Gasteiger charge is -2.20. The maximum Gasteiger partial charge on any atom is 0.221 e. The first kappa shape index (κ1) is 20.0. The third-order valence-electron chi connectivity index (χ3n) is 4.37. The summed E-state index contributed by atoms with van der Waals surface area (Å²) in [5, 5.41) is 2.77. The smallest absolute Gasteiger partial charge is 0.221 e. The minimum absolute atomic E-state index is 0.0149. The maximum atomic E-state index is 11.2. The number of aryl methyl sites for hydroxylation is 1. The van der Waals surface area contributed by atoms with Crippen LogP contribution in [0.15, 0.2) is 72.1 Å². The number of hydrogen-bond acceptors (Lipinski definition) is 4. The summed E-state index contributed by atoms with van der Waals surface area (Å²) >= 11 is 1.75. The van der Waals surface area contributed by atoms with Crippen molar-refractivity contribution in [2.75, 3.05) is 11.6 Å². The van der Waals surface area contributed by atoms with Crippen molar-refractivity contribution in [3.8, 4) is 5.75 Å². The van der Waals surface area contributed by atoms with Gasteiger partial charge in [0, 0.05) is 29.9 Å². The topological polar surface area (TPSA) is 56.1 Å². The summed E-state index contributed by atoms with van der Waals surface area (Å²) < 4.78 is 8.28. The zero-order chi connectivity index (χ0) is 19.8. The second kappa shape index (κ2) is 9.99. The summed E-state index contributed by atoms with van der Waals surface area (Å²) in [6.07, 6.45) is 9.47. The van der Waals surface area contributed by atoms with E-state index in [0.717, 1.165) is 30.8 Å². The number of carbonyl (C=O) groups is 1. The first-order valence-electron chi connectivity index (χ1n) is 9.25. The molecule has 1 amide bonds. The highest BCUT2D eigenvalue weighted by molar-refractivity contribution is 7.98. The van der Waals surface area contributed by atoms with E-state index < -0.39 is 0 Å². The lowest BCUT2D eigenvalue weighted by Crippen LogP contribution is -2.23. The standard InChI is InChI=1S/C22H25N3O2S/c1-17(26)24-19-6-9-20(10-7-19)27-21(15-25-14-13-23-16-25)8-3-18-4-11-22(28-2)12-5-18/h4-7,9-14,16,21H,3,8,15H2,1-2H3,(H,24,26). The van der Waals surface area contributed by atoms with E-state index >= 15 is 0 Å². The molecule has 0 radical (unpaired) electrons. The number of rotatable bonds is 9. The Hall–Kier alpha value is -2.73. The molecule has 0 aliphatic carbocycles. The lowest BCUT2D eigenvalue weighted by molar-refractivity contribution is -0.114. The highest BCUT2D eigenvalue weighted by atomic mass is 32.2. The Balaban J connectivity index is 1.64. The number of benzene rings is 2. The van der Waals surface area contributed by atoms with Gasteiger partial charge in [0.25, 0.3) is 0 Å². The molecule has 6 heteroatoms. The third-order valence-corrected chi connectivity index (χ3v) is 5.11. The van der Waals surface area contributed by atoms with E-state index in [9.17, 15) is 4.79 Å². The van der Waals surface area contributed by atoms with Gasteiger partial charge in [-0.05, 0) is 61.1 Å². The van der Waals surface area contributed by atoms with Gasteiger partial charge in [-0.3, -0.25) is 4.79 Å². The summed E-state index contributed by atoms with van der Waals surface area (Å²) in [5.74, 6) is 0.705. The predicted octanol–water partition coefficient (Wildman–Crippen LogP) is 4.64. The Labute approximate surface area is 170 Å². The van der Waals surface area contributed by atoms with Gasteiger partial charge in [-0.1, -0.05) is 12.1 Å². The van der Waals surface area contributed by atoms with Gasteiger partial charge in [0.15, 0.2) is 0 Å². The summed E-state index contributed by atoms with van der Waals surface area (Å²) in [7, 11) is 0.